The van der Waals surface area contributed by atoms with E-state index in [-0.39, 0.29) is 0 Å². The van der Waals surface area contributed by atoms with Gasteiger partial charge in [-0.3, -0.25) is 4.90 Å². The fraction of sp³-hybridized carbons (Fsp3) is 0.438. The molecule has 0 saturated carbocycles. The maximum atomic E-state index is 8.59. The van der Waals surface area contributed by atoms with E-state index in [0.717, 1.165) is 30.9 Å². The molecule has 0 aliphatic carbocycles. The van der Waals surface area contributed by atoms with E-state index in [2.05, 4.69) is 29.7 Å². The fourth-order valence-corrected chi connectivity index (χ4v) is 1.75. The first-order valence-electron chi connectivity index (χ1n) is 6.81. The Labute approximate surface area is 121 Å². The summed E-state index contributed by atoms with van der Waals surface area (Å²) in [7, 11) is 0. The van der Waals surface area contributed by atoms with Crippen LogP contribution in [-0.4, -0.2) is 37.7 Å². The number of hydrogen-bond donors (Lipinski definition) is 1. The summed E-state index contributed by atoms with van der Waals surface area (Å²) in [6, 6.07) is 9.84. The first kappa shape index (κ1) is 16.0. The highest BCUT2D eigenvalue weighted by Gasteiger charge is 2.02. The second-order valence-electron chi connectivity index (χ2n) is 4.22. The SMILES string of the molecule is CCN(CCC#N)CCOc1cccc(C#CCN)c1. The van der Waals surface area contributed by atoms with Crippen molar-refractivity contribution in [3.8, 4) is 23.7 Å². The average Bonchev–Trinajstić information content (AvgIpc) is 2.49. The van der Waals surface area contributed by atoms with Crippen LogP contribution in [0, 0.1) is 23.2 Å². The smallest absolute Gasteiger partial charge is 0.120 e. The van der Waals surface area contributed by atoms with Gasteiger partial charge in [-0.25, -0.2) is 0 Å². The van der Waals surface area contributed by atoms with Gasteiger partial charge in [0.2, 0.25) is 0 Å². The molecule has 0 fully saturated rings. The van der Waals surface area contributed by atoms with Crippen LogP contribution < -0.4 is 10.5 Å². The van der Waals surface area contributed by atoms with E-state index in [1.165, 1.54) is 0 Å². The predicted octanol–water partition coefficient (Wildman–Crippen LogP) is 1.61. The van der Waals surface area contributed by atoms with Crippen molar-refractivity contribution < 1.29 is 4.74 Å². The third-order valence-electron chi connectivity index (χ3n) is 2.83. The van der Waals surface area contributed by atoms with Crippen LogP contribution in [-0.2, 0) is 0 Å². The van der Waals surface area contributed by atoms with Gasteiger partial charge in [0.1, 0.15) is 12.4 Å². The monoisotopic (exact) mass is 271 g/mol. The molecular weight excluding hydrogens is 250 g/mol. The Balaban J connectivity index is 2.43. The van der Waals surface area contributed by atoms with Crippen LogP contribution in [0.5, 0.6) is 5.75 Å². The van der Waals surface area contributed by atoms with E-state index in [1.54, 1.807) is 0 Å². The van der Waals surface area contributed by atoms with Crippen LogP contribution in [0.2, 0.25) is 0 Å². The molecule has 0 aromatic heterocycles. The Hall–Kier alpha value is -2.01. The first-order valence-corrected chi connectivity index (χ1v) is 6.81. The Bertz CT molecular complexity index is 496. The highest BCUT2D eigenvalue weighted by Crippen LogP contribution is 2.12. The molecule has 0 saturated heterocycles. The first-order chi connectivity index (χ1) is 9.80. The Morgan fingerprint density at radius 1 is 1.35 bits per heavy atom. The molecule has 4 heteroatoms. The topological polar surface area (TPSA) is 62.3 Å². The van der Waals surface area contributed by atoms with Crippen molar-refractivity contribution in [1.82, 2.24) is 4.90 Å². The third-order valence-corrected chi connectivity index (χ3v) is 2.83. The van der Waals surface area contributed by atoms with Gasteiger partial charge in [-0.15, -0.1) is 0 Å². The van der Waals surface area contributed by atoms with E-state index in [4.69, 9.17) is 15.7 Å². The van der Waals surface area contributed by atoms with Crippen molar-refractivity contribution in [2.24, 2.45) is 5.73 Å². The lowest BCUT2D eigenvalue weighted by Crippen LogP contribution is -2.29. The van der Waals surface area contributed by atoms with Crippen molar-refractivity contribution >= 4 is 0 Å². The summed E-state index contributed by atoms with van der Waals surface area (Å²) < 4.78 is 5.72. The summed E-state index contributed by atoms with van der Waals surface area (Å²) in [6.45, 7) is 5.57. The van der Waals surface area contributed by atoms with Gasteiger partial charge in [0.05, 0.1) is 12.6 Å². The van der Waals surface area contributed by atoms with Crippen LogP contribution in [0.4, 0.5) is 0 Å². The average molecular weight is 271 g/mol. The Morgan fingerprint density at radius 2 is 2.20 bits per heavy atom. The number of hydrogen-bond acceptors (Lipinski definition) is 4. The highest BCUT2D eigenvalue weighted by atomic mass is 16.5. The van der Waals surface area contributed by atoms with Gasteiger partial charge in [-0.1, -0.05) is 24.8 Å². The fourth-order valence-electron chi connectivity index (χ4n) is 1.75. The van der Waals surface area contributed by atoms with E-state index in [0.29, 0.717) is 19.6 Å². The molecule has 106 valence electrons. The minimum atomic E-state index is 0.357. The number of nitrogens with zero attached hydrogens (tertiary/aromatic N) is 2. The molecule has 0 unspecified atom stereocenters. The number of ether oxygens (including phenoxy) is 1. The van der Waals surface area contributed by atoms with Gasteiger partial charge < -0.3 is 10.5 Å². The molecule has 0 aliphatic rings. The molecule has 0 bridgehead atoms. The second-order valence-corrected chi connectivity index (χ2v) is 4.22. The molecule has 0 aliphatic heterocycles. The van der Waals surface area contributed by atoms with Gasteiger partial charge in [0, 0.05) is 25.1 Å². The number of rotatable bonds is 7. The molecular formula is C16H21N3O. The maximum Gasteiger partial charge on any atom is 0.120 e. The summed E-state index contributed by atoms with van der Waals surface area (Å²) in [5.74, 6) is 6.61. The highest BCUT2D eigenvalue weighted by molar-refractivity contribution is 5.39. The lowest BCUT2D eigenvalue weighted by atomic mass is 10.2. The molecule has 20 heavy (non-hydrogen) atoms. The zero-order chi connectivity index (χ0) is 14.6. The summed E-state index contributed by atoms with van der Waals surface area (Å²) in [5.41, 5.74) is 6.26. The lowest BCUT2D eigenvalue weighted by Gasteiger charge is -2.18. The van der Waals surface area contributed by atoms with E-state index in [9.17, 15) is 0 Å². The molecule has 1 rings (SSSR count). The van der Waals surface area contributed by atoms with Crippen LogP contribution in [0.15, 0.2) is 24.3 Å². The van der Waals surface area contributed by atoms with Crippen molar-refractivity contribution in [3.05, 3.63) is 29.8 Å². The van der Waals surface area contributed by atoms with Crippen LogP contribution in [0.3, 0.4) is 0 Å². The molecule has 0 radical (unpaired) electrons. The van der Waals surface area contributed by atoms with E-state index >= 15 is 0 Å². The number of benzene rings is 1. The van der Waals surface area contributed by atoms with E-state index in [1.807, 2.05) is 24.3 Å². The Kier molecular flexibility index (Phi) is 7.91. The molecule has 0 atom stereocenters. The molecule has 0 heterocycles. The summed E-state index contributed by atoms with van der Waals surface area (Å²) in [5, 5.41) is 8.59. The maximum absolute atomic E-state index is 8.59. The standard InChI is InChI=1S/C16H21N3O/c1-2-19(11-5-10-18)12-13-20-16-8-3-6-15(14-16)7-4-9-17/h3,6,8,14H,2,5,9,11-13,17H2,1H3. The quantitative estimate of drug-likeness (QED) is 0.765. The lowest BCUT2D eigenvalue weighted by molar-refractivity contribution is 0.218. The van der Waals surface area contributed by atoms with Crippen LogP contribution >= 0.6 is 0 Å². The number of nitriles is 1. The molecule has 1 aromatic carbocycles. The normalized spacial score (nSPS) is 9.70. The van der Waals surface area contributed by atoms with E-state index < -0.39 is 0 Å². The van der Waals surface area contributed by atoms with Gasteiger partial charge in [0.25, 0.3) is 0 Å². The minimum absolute atomic E-state index is 0.357. The third kappa shape index (κ3) is 6.24. The van der Waals surface area contributed by atoms with Gasteiger partial charge in [-0.05, 0) is 24.7 Å². The zero-order valence-electron chi connectivity index (χ0n) is 11.9. The Morgan fingerprint density at radius 3 is 2.90 bits per heavy atom. The summed E-state index contributed by atoms with van der Waals surface area (Å²) in [6.07, 6.45) is 0.554. The van der Waals surface area contributed by atoms with Crippen molar-refractivity contribution in [2.45, 2.75) is 13.3 Å². The second kappa shape index (κ2) is 9.86. The summed E-state index contributed by atoms with van der Waals surface area (Å²) in [4.78, 5) is 2.20. The molecule has 1 aromatic rings. The largest absolute Gasteiger partial charge is 0.492 e. The van der Waals surface area contributed by atoms with Gasteiger partial charge in [0.15, 0.2) is 0 Å². The van der Waals surface area contributed by atoms with Gasteiger partial charge >= 0.3 is 0 Å². The molecule has 0 spiro atoms. The molecule has 2 N–H and O–H groups in total. The number of nitrogens with two attached hydrogens (primary N) is 1. The van der Waals surface area contributed by atoms with Crippen LogP contribution in [0.1, 0.15) is 18.9 Å². The minimum Gasteiger partial charge on any atom is -0.492 e. The summed E-state index contributed by atoms with van der Waals surface area (Å²) >= 11 is 0. The van der Waals surface area contributed by atoms with Crippen LogP contribution in [0.25, 0.3) is 0 Å². The van der Waals surface area contributed by atoms with Crippen molar-refractivity contribution in [3.63, 3.8) is 0 Å². The molecule has 0 amide bonds. The molecule has 4 nitrogen and oxygen atoms in total. The van der Waals surface area contributed by atoms with Crippen molar-refractivity contribution in [1.29, 1.82) is 5.26 Å². The van der Waals surface area contributed by atoms with Crippen molar-refractivity contribution in [2.75, 3.05) is 32.8 Å². The number of likely N-dealkylation sites (N-methyl/N-ethyl adjacent to an activating group) is 1. The predicted molar refractivity (Wildman–Crippen MR) is 80.2 cm³/mol. The zero-order valence-corrected chi connectivity index (χ0v) is 11.9. The van der Waals surface area contributed by atoms with Gasteiger partial charge in [-0.2, -0.15) is 5.26 Å².